The van der Waals surface area contributed by atoms with Crippen LogP contribution in [0.2, 0.25) is 0 Å². The van der Waals surface area contributed by atoms with Gasteiger partial charge >= 0.3 is 0 Å². The van der Waals surface area contributed by atoms with Gasteiger partial charge in [-0.15, -0.1) is 0 Å². The summed E-state index contributed by atoms with van der Waals surface area (Å²) in [7, 11) is 0. The summed E-state index contributed by atoms with van der Waals surface area (Å²) >= 11 is 0. The molecule has 0 bridgehead atoms. The van der Waals surface area contributed by atoms with Crippen molar-refractivity contribution in [3.05, 3.63) is 59.2 Å². The van der Waals surface area contributed by atoms with Crippen molar-refractivity contribution in [1.82, 2.24) is 0 Å². The molecule has 0 radical (unpaired) electrons. The van der Waals surface area contributed by atoms with Crippen LogP contribution in [0.15, 0.2) is 30.3 Å². The van der Waals surface area contributed by atoms with Gasteiger partial charge in [0.15, 0.2) is 11.6 Å². The Morgan fingerprint density at radius 1 is 0.765 bits per heavy atom. The number of rotatable bonds is 1. The van der Waals surface area contributed by atoms with Gasteiger partial charge in [-0.05, 0) is 30.7 Å². The van der Waals surface area contributed by atoms with Crippen LogP contribution >= 0.6 is 0 Å². The monoisotopic (exact) mass is 240 g/mol. The summed E-state index contributed by atoms with van der Waals surface area (Å²) in [5.41, 5.74) is -0.351. The van der Waals surface area contributed by atoms with E-state index in [1.165, 1.54) is 12.1 Å². The maximum atomic E-state index is 13.6. The molecule has 0 aromatic heterocycles. The van der Waals surface area contributed by atoms with Crippen LogP contribution in [-0.2, 0) is 0 Å². The molecule has 0 N–H and O–H groups in total. The fraction of sp³-hybridized carbons (Fsp3) is 0.0769. The third-order valence-corrected chi connectivity index (χ3v) is 2.44. The van der Waals surface area contributed by atoms with Crippen LogP contribution in [0.3, 0.4) is 0 Å². The third kappa shape index (κ3) is 2.02. The number of benzene rings is 2. The average Bonchev–Trinajstić information content (AvgIpc) is 2.27. The Morgan fingerprint density at radius 2 is 1.41 bits per heavy atom. The SMILES string of the molecule is Cc1ccc(-c2c(F)ccc(F)c2F)c(F)c1. The highest BCUT2D eigenvalue weighted by Crippen LogP contribution is 2.30. The molecule has 0 amide bonds. The lowest BCUT2D eigenvalue weighted by molar-refractivity contribution is 0.497. The predicted molar refractivity (Wildman–Crippen MR) is 56.4 cm³/mol. The van der Waals surface area contributed by atoms with Crippen molar-refractivity contribution in [2.24, 2.45) is 0 Å². The van der Waals surface area contributed by atoms with Crippen molar-refractivity contribution < 1.29 is 17.6 Å². The number of hydrogen-bond donors (Lipinski definition) is 0. The van der Waals surface area contributed by atoms with Crippen LogP contribution in [0, 0.1) is 30.2 Å². The molecule has 0 saturated carbocycles. The summed E-state index contributed by atoms with van der Waals surface area (Å²) in [5, 5.41) is 0. The highest BCUT2D eigenvalue weighted by atomic mass is 19.2. The van der Waals surface area contributed by atoms with Crippen molar-refractivity contribution >= 4 is 0 Å². The van der Waals surface area contributed by atoms with Gasteiger partial charge in [0.25, 0.3) is 0 Å². The van der Waals surface area contributed by atoms with Gasteiger partial charge in [0, 0.05) is 5.56 Å². The minimum atomic E-state index is -1.38. The second-order valence-corrected chi connectivity index (χ2v) is 3.70. The zero-order chi connectivity index (χ0) is 12.6. The molecule has 0 atom stereocenters. The molecule has 0 aliphatic heterocycles. The normalized spacial score (nSPS) is 10.6. The average molecular weight is 240 g/mol. The van der Waals surface area contributed by atoms with Gasteiger partial charge < -0.3 is 0 Å². The first-order chi connectivity index (χ1) is 8.00. The van der Waals surface area contributed by atoms with Gasteiger partial charge in [0.2, 0.25) is 0 Å². The second kappa shape index (κ2) is 4.20. The lowest BCUT2D eigenvalue weighted by atomic mass is 10.0. The molecule has 0 saturated heterocycles. The van der Waals surface area contributed by atoms with Gasteiger partial charge in [-0.25, -0.2) is 17.6 Å². The summed E-state index contributed by atoms with van der Waals surface area (Å²) < 4.78 is 53.4. The molecular weight excluding hydrogens is 232 g/mol. The number of aryl methyl sites for hydroxylation is 1. The first-order valence-corrected chi connectivity index (χ1v) is 4.90. The molecule has 0 spiro atoms. The van der Waals surface area contributed by atoms with E-state index in [2.05, 4.69) is 0 Å². The van der Waals surface area contributed by atoms with Gasteiger partial charge in [0.05, 0.1) is 5.56 Å². The molecule has 0 unspecified atom stereocenters. The summed E-state index contributed by atoms with van der Waals surface area (Å²) in [6.45, 7) is 1.64. The summed E-state index contributed by atoms with van der Waals surface area (Å²) in [5.74, 6) is -4.37. The molecule has 0 nitrogen and oxygen atoms in total. The number of hydrogen-bond acceptors (Lipinski definition) is 0. The van der Waals surface area contributed by atoms with E-state index in [-0.39, 0.29) is 5.56 Å². The van der Waals surface area contributed by atoms with Crippen LogP contribution in [0.5, 0.6) is 0 Å². The Kier molecular flexibility index (Phi) is 2.88. The fourth-order valence-corrected chi connectivity index (χ4v) is 1.60. The maximum absolute atomic E-state index is 13.6. The lowest BCUT2D eigenvalue weighted by Crippen LogP contribution is -1.96. The zero-order valence-electron chi connectivity index (χ0n) is 8.90. The maximum Gasteiger partial charge on any atom is 0.169 e. The summed E-state index contributed by atoms with van der Waals surface area (Å²) in [4.78, 5) is 0. The van der Waals surface area contributed by atoms with E-state index in [1.807, 2.05) is 0 Å². The molecule has 0 aliphatic rings. The second-order valence-electron chi connectivity index (χ2n) is 3.70. The van der Waals surface area contributed by atoms with E-state index in [9.17, 15) is 17.6 Å². The molecule has 2 aromatic rings. The van der Waals surface area contributed by atoms with Crippen LogP contribution in [0.25, 0.3) is 11.1 Å². The molecule has 4 heteroatoms. The highest BCUT2D eigenvalue weighted by molar-refractivity contribution is 5.66. The van der Waals surface area contributed by atoms with E-state index < -0.39 is 28.8 Å². The van der Waals surface area contributed by atoms with Crippen molar-refractivity contribution in [2.45, 2.75) is 6.92 Å². The van der Waals surface area contributed by atoms with Gasteiger partial charge in [0.1, 0.15) is 11.6 Å². The van der Waals surface area contributed by atoms with E-state index in [4.69, 9.17) is 0 Å². The largest absolute Gasteiger partial charge is 0.206 e. The Labute approximate surface area is 95.5 Å². The molecule has 0 aliphatic carbocycles. The summed E-state index contributed by atoms with van der Waals surface area (Å²) in [6, 6.07) is 5.31. The molecule has 0 fully saturated rings. The first kappa shape index (κ1) is 11.6. The Balaban J connectivity index is 2.72. The standard InChI is InChI=1S/C13H8F4/c1-7-2-3-8(11(16)6-7)12-9(14)4-5-10(15)13(12)17/h2-6H,1H3. The highest BCUT2D eigenvalue weighted by Gasteiger charge is 2.18. The fourth-order valence-electron chi connectivity index (χ4n) is 1.60. The van der Waals surface area contributed by atoms with E-state index in [1.54, 1.807) is 6.92 Å². The Bertz CT molecular complexity index is 576. The van der Waals surface area contributed by atoms with Gasteiger partial charge in [-0.2, -0.15) is 0 Å². The van der Waals surface area contributed by atoms with E-state index >= 15 is 0 Å². The van der Waals surface area contributed by atoms with Crippen molar-refractivity contribution in [3.63, 3.8) is 0 Å². The van der Waals surface area contributed by atoms with Gasteiger partial charge in [-0.1, -0.05) is 12.1 Å². The van der Waals surface area contributed by atoms with Crippen molar-refractivity contribution in [1.29, 1.82) is 0 Å². The van der Waals surface area contributed by atoms with Crippen molar-refractivity contribution in [3.8, 4) is 11.1 Å². The molecule has 2 aromatic carbocycles. The predicted octanol–water partition coefficient (Wildman–Crippen LogP) is 4.22. The zero-order valence-corrected chi connectivity index (χ0v) is 8.90. The first-order valence-electron chi connectivity index (χ1n) is 4.90. The molecule has 88 valence electrons. The van der Waals surface area contributed by atoms with Crippen LogP contribution in [-0.4, -0.2) is 0 Å². The van der Waals surface area contributed by atoms with Gasteiger partial charge in [-0.3, -0.25) is 0 Å². The lowest BCUT2D eigenvalue weighted by Gasteiger charge is -2.07. The quantitative estimate of drug-likeness (QED) is 0.517. The van der Waals surface area contributed by atoms with E-state index in [0.717, 1.165) is 12.1 Å². The van der Waals surface area contributed by atoms with Crippen LogP contribution in [0.4, 0.5) is 17.6 Å². The smallest absolute Gasteiger partial charge is 0.169 e. The minimum Gasteiger partial charge on any atom is -0.206 e. The van der Waals surface area contributed by atoms with Crippen molar-refractivity contribution in [2.75, 3.05) is 0 Å². The Hall–Kier alpha value is -1.84. The van der Waals surface area contributed by atoms with Crippen LogP contribution < -0.4 is 0 Å². The minimum absolute atomic E-state index is 0.287. The Morgan fingerprint density at radius 3 is 2.06 bits per heavy atom. The van der Waals surface area contributed by atoms with E-state index in [0.29, 0.717) is 11.6 Å². The molecule has 17 heavy (non-hydrogen) atoms. The third-order valence-electron chi connectivity index (χ3n) is 2.44. The molecule has 0 heterocycles. The summed E-state index contributed by atoms with van der Waals surface area (Å²) in [6.07, 6.45) is 0. The molecule has 2 rings (SSSR count). The van der Waals surface area contributed by atoms with Crippen LogP contribution in [0.1, 0.15) is 5.56 Å². The topological polar surface area (TPSA) is 0 Å². The molecular formula is C13H8F4. The number of halogens is 4.